The van der Waals surface area contributed by atoms with Crippen molar-refractivity contribution >= 4 is 17.4 Å². The third-order valence-corrected chi connectivity index (χ3v) is 1.82. The van der Waals surface area contributed by atoms with E-state index >= 15 is 0 Å². The van der Waals surface area contributed by atoms with Crippen LogP contribution in [0.1, 0.15) is 0 Å². The SMILES string of the molecule is O=COc1coc2ccccc2c1=O. The van der Waals surface area contributed by atoms with Gasteiger partial charge in [0.05, 0.1) is 5.39 Å². The van der Waals surface area contributed by atoms with Crippen molar-refractivity contribution in [2.75, 3.05) is 0 Å². The van der Waals surface area contributed by atoms with Crippen molar-refractivity contribution in [1.82, 2.24) is 0 Å². The largest absolute Gasteiger partial charge is 0.460 e. The van der Waals surface area contributed by atoms with Gasteiger partial charge in [0.2, 0.25) is 11.2 Å². The first-order chi connectivity index (χ1) is 6.83. The van der Waals surface area contributed by atoms with Gasteiger partial charge in [0.25, 0.3) is 6.47 Å². The molecule has 1 aromatic heterocycles. The monoisotopic (exact) mass is 190 g/mol. The Kier molecular flexibility index (Phi) is 2.02. The van der Waals surface area contributed by atoms with Crippen LogP contribution in [0, 0.1) is 0 Å². The summed E-state index contributed by atoms with van der Waals surface area (Å²) in [4.78, 5) is 21.6. The van der Waals surface area contributed by atoms with E-state index in [0.29, 0.717) is 11.0 Å². The van der Waals surface area contributed by atoms with Gasteiger partial charge in [-0.3, -0.25) is 9.59 Å². The lowest BCUT2D eigenvalue weighted by Crippen LogP contribution is -2.06. The lowest BCUT2D eigenvalue weighted by atomic mass is 10.2. The zero-order chi connectivity index (χ0) is 9.97. The fourth-order valence-electron chi connectivity index (χ4n) is 1.19. The molecule has 0 amide bonds. The smallest absolute Gasteiger partial charge is 0.298 e. The van der Waals surface area contributed by atoms with Crippen molar-refractivity contribution in [3.63, 3.8) is 0 Å². The normalized spacial score (nSPS) is 10.0. The molecule has 4 heteroatoms. The van der Waals surface area contributed by atoms with E-state index in [1.54, 1.807) is 24.3 Å². The van der Waals surface area contributed by atoms with Gasteiger partial charge in [-0.25, -0.2) is 0 Å². The quantitative estimate of drug-likeness (QED) is 0.670. The van der Waals surface area contributed by atoms with Gasteiger partial charge in [-0.2, -0.15) is 0 Å². The summed E-state index contributed by atoms with van der Waals surface area (Å²) in [6.07, 6.45) is 1.12. The maximum absolute atomic E-state index is 11.6. The van der Waals surface area contributed by atoms with Crippen LogP contribution in [0.2, 0.25) is 0 Å². The minimum atomic E-state index is -0.348. The molecular formula is C10H6O4. The molecule has 0 aliphatic heterocycles. The minimum absolute atomic E-state index is 0.0984. The van der Waals surface area contributed by atoms with Crippen LogP contribution in [0.15, 0.2) is 39.7 Å². The van der Waals surface area contributed by atoms with Crippen molar-refractivity contribution in [3.8, 4) is 5.75 Å². The molecule has 4 nitrogen and oxygen atoms in total. The average molecular weight is 190 g/mol. The van der Waals surface area contributed by atoms with Crippen molar-refractivity contribution in [2.45, 2.75) is 0 Å². The number of rotatable bonds is 2. The molecule has 0 spiro atoms. The molecule has 0 aliphatic carbocycles. The van der Waals surface area contributed by atoms with Crippen molar-refractivity contribution in [2.24, 2.45) is 0 Å². The molecule has 14 heavy (non-hydrogen) atoms. The first-order valence-electron chi connectivity index (χ1n) is 3.94. The summed E-state index contributed by atoms with van der Waals surface area (Å²) in [5, 5.41) is 0.395. The summed E-state index contributed by atoms with van der Waals surface area (Å²) in [6, 6.07) is 6.75. The van der Waals surface area contributed by atoms with E-state index in [4.69, 9.17) is 4.42 Å². The van der Waals surface area contributed by atoms with Crippen LogP contribution in [0.5, 0.6) is 5.75 Å². The molecule has 0 saturated heterocycles. The lowest BCUT2D eigenvalue weighted by Gasteiger charge is -1.98. The minimum Gasteiger partial charge on any atom is -0.460 e. The zero-order valence-corrected chi connectivity index (χ0v) is 7.10. The second-order valence-corrected chi connectivity index (χ2v) is 2.64. The van der Waals surface area contributed by atoms with Gasteiger partial charge in [-0.15, -0.1) is 0 Å². The molecular weight excluding hydrogens is 184 g/mol. The molecule has 1 aromatic carbocycles. The summed E-state index contributed by atoms with van der Waals surface area (Å²) in [6.45, 7) is 0.195. The summed E-state index contributed by atoms with van der Waals surface area (Å²) in [5.41, 5.74) is 0.120. The first kappa shape index (κ1) is 8.50. The second-order valence-electron chi connectivity index (χ2n) is 2.64. The summed E-state index contributed by atoms with van der Waals surface area (Å²) in [7, 11) is 0. The number of carbonyl (C=O) groups is 1. The molecule has 0 aliphatic rings. The first-order valence-corrected chi connectivity index (χ1v) is 3.94. The van der Waals surface area contributed by atoms with Gasteiger partial charge >= 0.3 is 0 Å². The van der Waals surface area contributed by atoms with Gasteiger partial charge < -0.3 is 9.15 Å². The fourth-order valence-corrected chi connectivity index (χ4v) is 1.19. The van der Waals surface area contributed by atoms with E-state index in [0.717, 1.165) is 6.26 Å². The van der Waals surface area contributed by atoms with Gasteiger partial charge in [0.1, 0.15) is 11.8 Å². The second kappa shape index (κ2) is 3.33. The molecule has 0 radical (unpaired) electrons. The molecule has 0 unspecified atom stereocenters. The van der Waals surface area contributed by atoms with Crippen molar-refractivity contribution < 1.29 is 13.9 Å². The van der Waals surface area contributed by atoms with Gasteiger partial charge in [0.15, 0.2) is 0 Å². The average Bonchev–Trinajstić information content (AvgIpc) is 2.23. The molecule has 2 rings (SSSR count). The summed E-state index contributed by atoms with van der Waals surface area (Å²) >= 11 is 0. The molecule has 0 atom stereocenters. The molecule has 0 saturated carbocycles. The Balaban J connectivity index is 2.75. The predicted octanol–water partition coefficient (Wildman–Crippen LogP) is 1.33. The van der Waals surface area contributed by atoms with Crippen LogP contribution in [0.25, 0.3) is 11.0 Å². The number of hydrogen-bond donors (Lipinski definition) is 0. The summed E-state index contributed by atoms with van der Waals surface area (Å²) < 4.78 is 9.55. The van der Waals surface area contributed by atoms with Gasteiger partial charge in [-0.05, 0) is 12.1 Å². The van der Waals surface area contributed by atoms with Crippen LogP contribution in [-0.2, 0) is 4.79 Å². The highest BCUT2D eigenvalue weighted by Crippen LogP contribution is 2.13. The van der Waals surface area contributed by atoms with Crippen molar-refractivity contribution in [3.05, 3.63) is 40.8 Å². The highest BCUT2D eigenvalue weighted by molar-refractivity contribution is 5.77. The third kappa shape index (κ3) is 1.26. The predicted molar refractivity (Wildman–Crippen MR) is 49.2 cm³/mol. The van der Waals surface area contributed by atoms with E-state index in [1.807, 2.05) is 0 Å². The Morgan fingerprint density at radius 1 is 1.29 bits per heavy atom. The Morgan fingerprint density at radius 2 is 2.07 bits per heavy atom. The molecule has 70 valence electrons. The molecule has 0 bridgehead atoms. The highest BCUT2D eigenvalue weighted by atomic mass is 16.5. The highest BCUT2D eigenvalue weighted by Gasteiger charge is 2.06. The topological polar surface area (TPSA) is 56.5 Å². The standard InChI is InChI=1S/C10H6O4/c11-6-14-9-5-13-8-4-2-1-3-7(8)10(9)12/h1-6H. The Bertz CT molecular complexity index is 527. The Hall–Kier alpha value is -2.10. The molecule has 1 heterocycles. The van der Waals surface area contributed by atoms with E-state index in [9.17, 15) is 9.59 Å². The van der Waals surface area contributed by atoms with E-state index in [2.05, 4.69) is 4.74 Å². The number of ether oxygens (including phenoxy) is 1. The lowest BCUT2D eigenvalue weighted by molar-refractivity contribution is -0.120. The number of hydrogen-bond acceptors (Lipinski definition) is 4. The number of fused-ring (bicyclic) bond motifs is 1. The van der Waals surface area contributed by atoms with Crippen LogP contribution in [-0.4, -0.2) is 6.47 Å². The van der Waals surface area contributed by atoms with Crippen molar-refractivity contribution in [1.29, 1.82) is 0 Å². The van der Waals surface area contributed by atoms with Crippen LogP contribution in [0.4, 0.5) is 0 Å². The van der Waals surface area contributed by atoms with Crippen LogP contribution < -0.4 is 10.2 Å². The number of benzene rings is 1. The number of carbonyl (C=O) groups excluding carboxylic acids is 1. The third-order valence-electron chi connectivity index (χ3n) is 1.82. The summed E-state index contributed by atoms with van der Waals surface area (Å²) in [5.74, 6) is -0.0984. The van der Waals surface area contributed by atoms with E-state index in [-0.39, 0.29) is 17.7 Å². The van der Waals surface area contributed by atoms with E-state index < -0.39 is 0 Å². The number of para-hydroxylation sites is 1. The molecule has 2 aromatic rings. The molecule has 0 N–H and O–H groups in total. The molecule has 0 fully saturated rings. The van der Waals surface area contributed by atoms with E-state index in [1.165, 1.54) is 0 Å². The van der Waals surface area contributed by atoms with Gasteiger partial charge in [-0.1, -0.05) is 12.1 Å². The zero-order valence-electron chi connectivity index (χ0n) is 7.10. The van der Waals surface area contributed by atoms with Gasteiger partial charge in [0, 0.05) is 0 Å². The Labute approximate surface area is 78.7 Å². The maximum atomic E-state index is 11.6. The maximum Gasteiger partial charge on any atom is 0.298 e. The Morgan fingerprint density at radius 3 is 2.86 bits per heavy atom. The fraction of sp³-hybridized carbons (Fsp3) is 0. The van der Waals surface area contributed by atoms with Crippen LogP contribution in [0.3, 0.4) is 0 Å². The van der Waals surface area contributed by atoms with Crippen LogP contribution >= 0.6 is 0 Å².